The SMILES string of the molecule is CC.CSC1C=CC(NCC#Cc2cc3c(NC4CCC(N5CC6(CCOCC6)C5)CC4)cccc3n2CC(F)(F)F)C(CCC(C)=O)C1. The van der Waals surface area contributed by atoms with Gasteiger partial charge in [-0.15, -0.1) is 0 Å². The number of hydrogen-bond acceptors (Lipinski definition) is 6. The Kier molecular flexibility index (Phi) is 13.2. The van der Waals surface area contributed by atoms with Gasteiger partial charge in [0, 0.05) is 72.6 Å². The van der Waals surface area contributed by atoms with Crippen LogP contribution in [0.15, 0.2) is 36.4 Å². The molecule has 1 spiro atoms. The van der Waals surface area contributed by atoms with Crippen LogP contribution in [-0.2, 0) is 16.1 Å². The molecule has 2 aliphatic heterocycles. The zero-order chi connectivity index (χ0) is 35.0. The van der Waals surface area contributed by atoms with Gasteiger partial charge in [-0.1, -0.05) is 38.0 Å². The lowest BCUT2D eigenvalue weighted by Crippen LogP contribution is -2.62. The molecule has 0 radical (unpaired) electrons. The molecule has 0 bridgehead atoms. The van der Waals surface area contributed by atoms with Crippen LogP contribution in [0.5, 0.6) is 0 Å². The quantitative estimate of drug-likeness (QED) is 0.193. The summed E-state index contributed by atoms with van der Waals surface area (Å²) in [4.78, 5) is 14.3. The minimum Gasteiger partial charge on any atom is -0.382 e. The lowest BCUT2D eigenvalue weighted by Gasteiger charge is -2.56. The zero-order valence-corrected chi connectivity index (χ0v) is 30.5. The summed E-state index contributed by atoms with van der Waals surface area (Å²) in [7, 11) is 0. The third kappa shape index (κ3) is 9.87. The topological polar surface area (TPSA) is 58.5 Å². The number of carbonyl (C=O) groups excluding carboxylic acids is 1. The summed E-state index contributed by atoms with van der Waals surface area (Å²) in [5.74, 6) is 6.68. The van der Waals surface area contributed by atoms with Gasteiger partial charge in [0.25, 0.3) is 0 Å². The molecule has 2 aromatic rings. The van der Waals surface area contributed by atoms with Gasteiger partial charge in [-0.25, -0.2) is 0 Å². The van der Waals surface area contributed by atoms with Crippen molar-refractivity contribution in [1.82, 2.24) is 14.8 Å². The van der Waals surface area contributed by atoms with E-state index in [-0.39, 0.29) is 11.8 Å². The highest BCUT2D eigenvalue weighted by Crippen LogP contribution is 2.43. The van der Waals surface area contributed by atoms with Gasteiger partial charge in [0.15, 0.2) is 0 Å². The smallest absolute Gasteiger partial charge is 0.382 e. The maximum Gasteiger partial charge on any atom is 0.406 e. The van der Waals surface area contributed by atoms with Crippen molar-refractivity contribution in [2.45, 2.75) is 115 Å². The first kappa shape index (κ1) is 37.8. The molecule has 4 aliphatic rings. The summed E-state index contributed by atoms with van der Waals surface area (Å²) in [5.41, 5.74) is 2.27. The van der Waals surface area contributed by atoms with Crippen molar-refractivity contribution < 1.29 is 22.7 Å². The fraction of sp³-hybridized carbons (Fsp3) is 0.667. The fourth-order valence-electron chi connectivity index (χ4n) is 8.19. The molecule has 6 rings (SSSR count). The molecule has 270 valence electrons. The second-order valence-corrected chi connectivity index (χ2v) is 15.3. The molecule has 1 aromatic carbocycles. The van der Waals surface area contributed by atoms with Gasteiger partial charge in [0.05, 0.1) is 17.8 Å². The second kappa shape index (κ2) is 17.2. The Bertz CT molecular complexity index is 1470. The molecule has 49 heavy (non-hydrogen) atoms. The van der Waals surface area contributed by atoms with E-state index in [4.69, 9.17) is 4.74 Å². The number of fused-ring (bicyclic) bond motifs is 1. The largest absolute Gasteiger partial charge is 0.406 e. The molecule has 10 heteroatoms. The number of Topliss-reactive ketones (excluding diaryl/α,β-unsaturated/α-hetero) is 1. The van der Waals surface area contributed by atoms with E-state index in [9.17, 15) is 18.0 Å². The summed E-state index contributed by atoms with van der Waals surface area (Å²) in [6.45, 7) is 9.07. The van der Waals surface area contributed by atoms with Crippen molar-refractivity contribution in [1.29, 1.82) is 0 Å². The number of ketones is 1. The van der Waals surface area contributed by atoms with E-state index in [0.717, 1.165) is 62.8 Å². The fourth-order valence-corrected chi connectivity index (χ4v) is 8.87. The van der Waals surface area contributed by atoms with Crippen LogP contribution in [0, 0.1) is 23.2 Å². The maximum atomic E-state index is 13.8. The highest BCUT2D eigenvalue weighted by Gasteiger charge is 2.46. The molecule has 6 nitrogen and oxygen atoms in total. The number of hydrogen-bond donors (Lipinski definition) is 2. The van der Waals surface area contributed by atoms with Crippen molar-refractivity contribution in [3.05, 3.63) is 42.1 Å². The van der Waals surface area contributed by atoms with Crippen LogP contribution in [0.1, 0.15) is 84.3 Å². The lowest BCUT2D eigenvalue weighted by molar-refractivity contribution is -0.140. The second-order valence-electron chi connectivity index (χ2n) is 14.2. The molecule has 2 saturated heterocycles. The first-order valence-electron chi connectivity index (χ1n) is 18.3. The Labute approximate surface area is 295 Å². The molecule has 0 amide bonds. The van der Waals surface area contributed by atoms with Crippen LogP contribution in [0.3, 0.4) is 0 Å². The Hall–Kier alpha value is -2.45. The minimum atomic E-state index is -4.37. The number of nitrogens with zero attached hydrogens (tertiary/aromatic N) is 2. The van der Waals surface area contributed by atoms with Crippen LogP contribution in [0.25, 0.3) is 10.9 Å². The summed E-state index contributed by atoms with van der Waals surface area (Å²) in [6, 6.07) is 8.40. The number of anilines is 1. The van der Waals surface area contributed by atoms with E-state index in [1.807, 2.05) is 32.0 Å². The molecule has 1 aromatic heterocycles. The number of ether oxygens (including phenoxy) is 1. The molecular weight excluding hydrogens is 646 g/mol. The average Bonchev–Trinajstić information content (AvgIpc) is 3.43. The molecule has 3 unspecified atom stereocenters. The van der Waals surface area contributed by atoms with Gasteiger partial charge in [0.1, 0.15) is 12.3 Å². The van der Waals surface area contributed by atoms with Crippen molar-refractivity contribution in [3.63, 3.8) is 0 Å². The number of halogens is 3. The van der Waals surface area contributed by atoms with Crippen LogP contribution >= 0.6 is 11.8 Å². The van der Waals surface area contributed by atoms with E-state index >= 15 is 0 Å². The van der Waals surface area contributed by atoms with Crippen LogP contribution in [-0.4, -0.2) is 83.9 Å². The maximum absolute atomic E-state index is 13.8. The molecule has 3 heterocycles. The van der Waals surface area contributed by atoms with Crippen molar-refractivity contribution in [3.8, 4) is 11.8 Å². The predicted molar refractivity (Wildman–Crippen MR) is 196 cm³/mol. The molecular formula is C39H55F3N4O2S. The number of alkyl halides is 3. The lowest BCUT2D eigenvalue weighted by atomic mass is 9.71. The molecule has 2 N–H and O–H groups in total. The van der Waals surface area contributed by atoms with Gasteiger partial charge in [-0.05, 0) is 94.6 Å². The first-order valence-corrected chi connectivity index (χ1v) is 19.6. The van der Waals surface area contributed by atoms with E-state index in [0.29, 0.717) is 52.8 Å². The van der Waals surface area contributed by atoms with Gasteiger partial charge in [-0.2, -0.15) is 24.9 Å². The van der Waals surface area contributed by atoms with Crippen LogP contribution < -0.4 is 10.6 Å². The number of thioether (sulfide) groups is 1. The van der Waals surface area contributed by atoms with E-state index < -0.39 is 12.7 Å². The van der Waals surface area contributed by atoms with E-state index in [1.54, 1.807) is 24.8 Å². The molecule has 3 atom stereocenters. The number of benzene rings is 1. The Morgan fingerprint density at radius 1 is 1.10 bits per heavy atom. The Balaban J connectivity index is 0.00000230. The number of rotatable bonds is 10. The summed E-state index contributed by atoms with van der Waals surface area (Å²) >= 11 is 1.81. The molecule has 2 aliphatic carbocycles. The Morgan fingerprint density at radius 2 is 1.84 bits per heavy atom. The Morgan fingerprint density at radius 3 is 2.51 bits per heavy atom. The average molecular weight is 701 g/mol. The zero-order valence-electron chi connectivity index (χ0n) is 29.7. The normalized spacial score (nSPS) is 26.7. The van der Waals surface area contributed by atoms with Gasteiger partial charge in [0.2, 0.25) is 0 Å². The number of carbonyl (C=O) groups is 1. The van der Waals surface area contributed by atoms with Gasteiger partial charge in [-0.3, -0.25) is 10.2 Å². The van der Waals surface area contributed by atoms with E-state index in [1.165, 1.54) is 30.5 Å². The van der Waals surface area contributed by atoms with Gasteiger partial charge >= 0.3 is 6.18 Å². The summed E-state index contributed by atoms with van der Waals surface area (Å²) in [5, 5.41) is 8.39. The standard InChI is InChI=1S/C37H49F3N4O2S.C2H6/c1-26(45)8-9-27-21-31(47-2)14-15-33(27)41-18-4-5-30-22-32-34(6-3-7-35(32)44(30)25-37(38,39)40)42-28-10-12-29(13-11-28)43-23-36(24-43)16-19-46-20-17-36;1-2/h3,6-7,14-15,22,27-29,31,33,41-42H,8-13,16-21,23-25H2,1-2H3;1-2H3. The van der Waals surface area contributed by atoms with E-state index in [2.05, 4.69) is 45.8 Å². The minimum absolute atomic E-state index is 0.0862. The summed E-state index contributed by atoms with van der Waals surface area (Å²) in [6.07, 6.45) is 11.2. The number of likely N-dealkylation sites (tertiary alicyclic amines) is 1. The van der Waals surface area contributed by atoms with Crippen molar-refractivity contribution in [2.75, 3.05) is 44.4 Å². The first-order chi connectivity index (χ1) is 23.6. The van der Waals surface area contributed by atoms with Crippen LogP contribution in [0.4, 0.5) is 18.9 Å². The predicted octanol–water partition coefficient (Wildman–Crippen LogP) is 8.05. The number of nitrogens with one attached hydrogen (secondary N) is 2. The molecule has 1 saturated carbocycles. The monoisotopic (exact) mass is 700 g/mol. The highest BCUT2D eigenvalue weighted by atomic mass is 32.2. The van der Waals surface area contributed by atoms with Crippen molar-refractivity contribution in [2.24, 2.45) is 11.3 Å². The summed E-state index contributed by atoms with van der Waals surface area (Å²) < 4.78 is 48.2. The van der Waals surface area contributed by atoms with Crippen molar-refractivity contribution >= 4 is 34.1 Å². The number of aromatic nitrogens is 1. The third-order valence-corrected chi connectivity index (χ3v) is 11.8. The highest BCUT2D eigenvalue weighted by molar-refractivity contribution is 7.99. The van der Waals surface area contributed by atoms with Crippen LogP contribution in [0.2, 0.25) is 0 Å². The van der Waals surface area contributed by atoms with Gasteiger partial charge < -0.3 is 19.4 Å². The molecule has 3 fully saturated rings. The third-order valence-electron chi connectivity index (χ3n) is 10.9.